The number of nitriles is 1. The zero-order valence-corrected chi connectivity index (χ0v) is 11.7. The Balaban J connectivity index is 2.40. The molecule has 0 aliphatic rings. The second-order valence-electron chi connectivity index (χ2n) is 3.73. The maximum atomic E-state index is 9.22. The van der Waals surface area contributed by atoms with Crippen LogP contribution in [0.4, 0.5) is 0 Å². The Hall–Kier alpha value is -1.56. The summed E-state index contributed by atoms with van der Waals surface area (Å²) in [6, 6.07) is 17.3. The largest absolute Gasteiger partial charge is 0.192 e. The van der Waals surface area contributed by atoms with Crippen LogP contribution in [-0.4, -0.2) is 0 Å². The first-order chi connectivity index (χ1) is 8.69. The van der Waals surface area contributed by atoms with Gasteiger partial charge in [-0.1, -0.05) is 51.8 Å². The summed E-state index contributed by atoms with van der Waals surface area (Å²) in [6.07, 6.45) is 1.83. The molecule has 0 radical (unpaired) electrons. The fourth-order valence-electron chi connectivity index (χ4n) is 1.57. The predicted octanol–water partition coefficient (Wildman–Crippen LogP) is 5.17. The number of allylic oxidation sites excluding steroid dienone is 1. The highest BCUT2D eigenvalue weighted by atomic mass is 79.9. The molecule has 0 aliphatic carbocycles. The molecule has 0 unspecified atom stereocenters. The van der Waals surface area contributed by atoms with Crippen molar-refractivity contribution in [1.29, 1.82) is 5.26 Å². The second kappa shape index (κ2) is 5.86. The van der Waals surface area contributed by atoms with Crippen LogP contribution in [0.25, 0.3) is 11.6 Å². The van der Waals surface area contributed by atoms with Gasteiger partial charge in [0.15, 0.2) is 0 Å². The van der Waals surface area contributed by atoms with Crippen LogP contribution < -0.4 is 0 Å². The lowest BCUT2D eigenvalue weighted by atomic mass is 10.0. The highest BCUT2D eigenvalue weighted by molar-refractivity contribution is 9.10. The average molecular weight is 319 g/mol. The number of rotatable bonds is 2. The van der Waals surface area contributed by atoms with Crippen molar-refractivity contribution in [2.24, 2.45) is 0 Å². The number of benzene rings is 2. The van der Waals surface area contributed by atoms with Crippen molar-refractivity contribution in [3.05, 3.63) is 69.2 Å². The second-order valence-corrected chi connectivity index (χ2v) is 5.08. The molecule has 0 fully saturated rings. The molecule has 0 aromatic heterocycles. The van der Waals surface area contributed by atoms with Gasteiger partial charge in [-0.05, 0) is 41.5 Å². The fraction of sp³-hybridized carbons (Fsp3) is 0. The molecule has 0 bridgehead atoms. The molecule has 2 aromatic carbocycles. The molecule has 3 heteroatoms. The number of halogens is 2. The Morgan fingerprint density at radius 2 is 1.89 bits per heavy atom. The molecule has 88 valence electrons. The third-order valence-electron chi connectivity index (χ3n) is 2.44. The van der Waals surface area contributed by atoms with Crippen LogP contribution in [0.15, 0.2) is 53.0 Å². The molecule has 0 amide bonds. The van der Waals surface area contributed by atoms with Crippen LogP contribution in [0.1, 0.15) is 11.1 Å². The lowest BCUT2D eigenvalue weighted by Gasteiger charge is -2.00. The molecule has 1 nitrogen and oxygen atoms in total. The topological polar surface area (TPSA) is 23.8 Å². The molecule has 18 heavy (non-hydrogen) atoms. The molecule has 2 aromatic rings. The third-order valence-corrected chi connectivity index (χ3v) is 3.20. The van der Waals surface area contributed by atoms with Crippen LogP contribution in [0, 0.1) is 11.3 Å². The van der Waals surface area contributed by atoms with Gasteiger partial charge in [0.2, 0.25) is 0 Å². The van der Waals surface area contributed by atoms with Crippen LogP contribution in [0.2, 0.25) is 5.02 Å². The molecule has 0 saturated heterocycles. The average Bonchev–Trinajstić information content (AvgIpc) is 2.37. The third kappa shape index (κ3) is 3.22. The van der Waals surface area contributed by atoms with E-state index in [1.54, 1.807) is 0 Å². The minimum atomic E-state index is 0.616. The predicted molar refractivity (Wildman–Crippen MR) is 79.1 cm³/mol. The molecular weight excluding hydrogens is 310 g/mol. The monoisotopic (exact) mass is 317 g/mol. The van der Waals surface area contributed by atoms with E-state index in [0.717, 1.165) is 15.6 Å². The summed E-state index contributed by atoms with van der Waals surface area (Å²) in [6.45, 7) is 0. The van der Waals surface area contributed by atoms with Gasteiger partial charge in [-0.2, -0.15) is 5.26 Å². The lowest BCUT2D eigenvalue weighted by molar-refractivity contribution is 1.52. The summed E-state index contributed by atoms with van der Waals surface area (Å²) in [5, 5.41) is 9.88. The quantitative estimate of drug-likeness (QED) is 0.554. The number of hydrogen-bond acceptors (Lipinski definition) is 1. The van der Waals surface area contributed by atoms with E-state index in [4.69, 9.17) is 11.6 Å². The minimum Gasteiger partial charge on any atom is -0.192 e. The molecule has 0 spiro atoms. The van der Waals surface area contributed by atoms with Crippen molar-refractivity contribution in [3.8, 4) is 6.07 Å². The van der Waals surface area contributed by atoms with E-state index >= 15 is 0 Å². The van der Waals surface area contributed by atoms with Gasteiger partial charge in [0.05, 0.1) is 11.6 Å². The highest BCUT2D eigenvalue weighted by Gasteiger charge is 2.01. The smallest absolute Gasteiger partial charge is 0.0998 e. The van der Waals surface area contributed by atoms with Gasteiger partial charge in [0.25, 0.3) is 0 Å². The molecule has 0 atom stereocenters. The van der Waals surface area contributed by atoms with Crippen molar-refractivity contribution >= 4 is 39.2 Å². The van der Waals surface area contributed by atoms with Gasteiger partial charge in [0.1, 0.15) is 0 Å². The van der Waals surface area contributed by atoms with Crippen molar-refractivity contribution in [3.63, 3.8) is 0 Å². The lowest BCUT2D eigenvalue weighted by Crippen LogP contribution is -1.81. The van der Waals surface area contributed by atoms with E-state index in [1.165, 1.54) is 0 Å². The van der Waals surface area contributed by atoms with Gasteiger partial charge in [-0.3, -0.25) is 0 Å². The molecule has 0 N–H and O–H groups in total. The summed E-state index contributed by atoms with van der Waals surface area (Å²) < 4.78 is 0.992. The Morgan fingerprint density at radius 1 is 1.17 bits per heavy atom. The van der Waals surface area contributed by atoms with E-state index < -0.39 is 0 Å². The molecular formula is C15H9BrClN. The van der Waals surface area contributed by atoms with Crippen LogP contribution in [0.3, 0.4) is 0 Å². The van der Waals surface area contributed by atoms with E-state index in [1.807, 2.05) is 54.6 Å². The van der Waals surface area contributed by atoms with Gasteiger partial charge in [-0.15, -0.1) is 0 Å². The molecule has 2 rings (SSSR count). The number of hydrogen-bond donors (Lipinski definition) is 0. The summed E-state index contributed by atoms with van der Waals surface area (Å²) in [4.78, 5) is 0. The van der Waals surface area contributed by atoms with Gasteiger partial charge in [-0.25, -0.2) is 0 Å². The normalized spacial score (nSPS) is 11.1. The van der Waals surface area contributed by atoms with E-state index in [0.29, 0.717) is 10.6 Å². The standard InChI is InChI=1S/C15H9BrClN/c16-14-6-4-12(5-7-14)13(10-18)8-11-2-1-3-15(17)9-11/h1-9H/b13-8-. The first-order valence-corrected chi connectivity index (χ1v) is 6.49. The minimum absolute atomic E-state index is 0.616. The first-order valence-electron chi connectivity index (χ1n) is 5.32. The summed E-state index contributed by atoms with van der Waals surface area (Å²) in [7, 11) is 0. The van der Waals surface area contributed by atoms with E-state index in [9.17, 15) is 5.26 Å². The SMILES string of the molecule is N#C/C(=C/c1cccc(Cl)c1)c1ccc(Br)cc1. The zero-order chi connectivity index (χ0) is 13.0. The summed E-state index contributed by atoms with van der Waals surface area (Å²) >= 11 is 9.29. The maximum absolute atomic E-state index is 9.22. The molecule has 0 aliphatic heterocycles. The van der Waals surface area contributed by atoms with Gasteiger partial charge >= 0.3 is 0 Å². The van der Waals surface area contributed by atoms with Crippen LogP contribution >= 0.6 is 27.5 Å². The Morgan fingerprint density at radius 3 is 2.50 bits per heavy atom. The van der Waals surface area contributed by atoms with Gasteiger partial charge in [0, 0.05) is 9.50 Å². The summed E-state index contributed by atoms with van der Waals surface area (Å²) in [5.41, 5.74) is 2.42. The Bertz CT molecular complexity index is 624. The summed E-state index contributed by atoms with van der Waals surface area (Å²) in [5.74, 6) is 0. The molecule has 0 heterocycles. The van der Waals surface area contributed by atoms with Gasteiger partial charge < -0.3 is 0 Å². The van der Waals surface area contributed by atoms with Crippen LogP contribution in [-0.2, 0) is 0 Å². The van der Waals surface area contributed by atoms with Crippen LogP contribution in [0.5, 0.6) is 0 Å². The van der Waals surface area contributed by atoms with E-state index in [-0.39, 0.29) is 0 Å². The molecule has 0 saturated carbocycles. The Labute approximate surface area is 119 Å². The highest BCUT2D eigenvalue weighted by Crippen LogP contribution is 2.21. The van der Waals surface area contributed by atoms with Crippen molar-refractivity contribution in [1.82, 2.24) is 0 Å². The first kappa shape index (κ1) is 12.9. The van der Waals surface area contributed by atoms with E-state index in [2.05, 4.69) is 22.0 Å². The number of nitrogens with zero attached hydrogens (tertiary/aromatic N) is 1. The zero-order valence-electron chi connectivity index (χ0n) is 9.40. The van der Waals surface area contributed by atoms with Crippen molar-refractivity contribution in [2.75, 3.05) is 0 Å². The fourth-order valence-corrected chi connectivity index (χ4v) is 2.04. The van der Waals surface area contributed by atoms with Crippen molar-refractivity contribution < 1.29 is 0 Å². The van der Waals surface area contributed by atoms with Crippen molar-refractivity contribution in [2.45, 2.75) is 0 Å². The maximum Gasteiger partial charge on any atom is 0.0998 e. The Kier molecular flexibility index (Phi) is 4.19.